The molecule has 2 aromatic rings. The number of nitrogens with zero attached hydrogens (tertiary/aromatic N) is 2. The Morgan fingerprint density at radius 3 is 3.06 bits per heavy atom. The highest BCUT2D eigenvalue weighted by atomic mass is 32.1. The molecule has 0 fully saturated rings. The van der Waals surface area contributed by atoms with Crippen LogP contribution in [-0.2, 0) is 6.54 Å². The third-order valence-corrected chi connectivity index (χ3v) is 3.39. The predicted molar refractivity (Wildman–Crippen MR) is 70.2 cm³/mol. The van der Waals surface area contributed by atoms with E-state index in [0.29, 0.717) is 22.1 Å². The highest BCUT2D eigenvalue weighted by Gasteiger charge is 2.13. The maximum Gasteiger partial charge on any atom is 0.263 e. The standard InChI is InChI=1S/C13H11N3OS/c1-3-11-16-9(2)12(18-11)13(17)15-8-10-5-4-6-14-7-10/h1,4-7H,8H2,2H3,(H,15,17). The molecule has 18 heavy (non-hydrogen) atoms. The molecule has 2 aromatic heterocycles. The average molecular weight is 257 g/mol. The Morgan fingerprint density at radius 2 is 2.44 bits per heavy atom. The molecule has 0 unspecified atom stereocenters. The van der Waals surface area contributed by atoms with Crippen LogP contribution in [0, 0.1) is 19.3 Å². The lowest BCUT2D eigenvalue weighted by Crippen LogP contribution is -2.22. The van der Waals surface area contributed by atoms with Crippen molar-refractivity contribution in [2.75, 3.05) is 0 Å². The summed E-state index contributed by atoms with van der Waals surface area (Å²) < 4.78 is 0. The first-order chi connectivity index (χ1) is 8.70. The largest absolute Gasteiger partial charge is 0.347 e. The highest BCUT2D eigenvalue weighted by molar-refractivity contribution is 7.14. The second-order valence-corrected chi connectivity index (χ2v) is 4.62. The summed E-state index contributed by atoms with van der Waals surface area (Å²) in [5, 5.41) is 3.34. The first-order valence-corrected chi connectivity index (χ1v) is 6.13. The van der Waals surface area contributed by atoms with E-state index in [0.717, 1.165) is 5.56 Å². The number of nitrogens with one attached hydrogen (secondary N) is 1. The minimum absolute atomic E-state index is 0.157. The van der Waals surface area contributed by atoms with Crippen LogP contribution in [0.15, 0.2) is 24.5 Å². The molecule has 0 aliphatic rings. The molecule has 2 rings (SSSR count). The molecule has 0 radical (unpaired) electrons. The van der Waals surface area contributed by atoms with Gasteiger partial charge in [-0.3, -0.25) is 9.78 Å². The SMILES string of the molecule is C#Cc1nc(C)c(C(=O)NCc2cccnc2)s1. The van der Waals surface area contributed by atoms with Gasteiger partial charge in [-0.15, -0.1) is 17.8 Å². The van der Waals surface area contributed by atoms with Crippen molar-refractivity contribution in [2.24, 2.45) is 0 Å². The van der Waals surface area contributed by atoms with Gasteiger partial charge in [-0.2, -0.15) is 0 Å². The molecule has 4 nitrogen and oxygen atoms in total. The number of amides is 1. The van der Waals surface area contributed by atoms with Crippen LogP contribution < -0.4 is 5.32 Å². The van der Waals surface area contributed by atoms with Gasteiger partial charge >= 0.3 is 0 Å². The van der Waals surface area contributed by atoms with Crippen LogP contribution in [-0.4, -0.2) is 15.9 Å². The third-order valence-electron chi connectivity index (χ3n) is 2.30. The van der Waals surface area contributed by atoms with Crippen molar-refractivity contribution >= 4 is 17.2 Å². The molecule has 0 bridgehead atoms. The molecule has 0 aliphatic heterocycles. The van der Waals surface area contributed by atoms with Crippen molar-refractivity contribution in [3.8, 4) is 12.3 Å². The number of aryl methyl sites for hydroxylation is 1. The van der Waals surface area contributed by atoms with Crippen molar-refractivity contribution < 1.29 is 4.79 Å². The summed E-state index contributed by atoms with van der Waals surface area (Å²) in [7, 11) is 0. The number of aromatic nitrogens is 2. The monoisotopic (exact) mass is 257 g/mol. The Balaban J connectivity index is 2.04. The smallest absolute Gasteiger partial charge is 0.263 e. The van der Waals surface area contributed by atoms with Gasteiger partial charge in [0.2, 0.25) is 0 Å². The van der Waals surface area contributed by atoms with Gasteiger partial charge in [0.05, 0.1) is 5.69 Å². The van der Waals surface area contributed by atoms with E-state index in [-0.39, 0.29) is 5.91 Å². The van der Waals surface area contributed by atoms with E-state index in [9.17, 15) is 4.79 Å². The zero-order valence-corrected chi connectivity index (χ0v) is 10.6. The van der Waals surface area contributed by atoms with Crippen molar-refractivity contribution in [1.82, 2.24) is 15.3 Å². The van der Waals surface area contributed by atoms with Crippen molar-refractivity contribution in [3.05, 3.63) is 45.7 Å². The van der Waals surface area contributed by atoms with Gasteiger partial charge < -0.3 is 5.32 Å². The molecule has 5 heteroatoms. The van der Waals surface area contributed by atoms with Gasteiger partial charge in [0, 0.05) is 18.9 Å². The van der Waals surface area contributed by atoms with Gasteiger partial charge in [0.15, 0.2) is 5.01 Å². The summed E-state index contributed by atoms with van der Waals surface area (Å²) in [6.45, 7) is 2.21. The molecule has 2 heterocycles. The van der Waals surface area contributed by atoms with Crippen LogP contribution in [0.25, 0.3) is 0 Å². The Morgan fingerprint density at radius 1 is 1.61 bits per heavy atom. The van der Waals surface area contributed by atoms with E-state index in [4.69, 9.17) is 6.42 Å². The molecule has 1 amide bonds. The second-order valence-electron chi connectivity index (χ2n) is 3.62. The lowest BCUT2D eigenvalue weighted by Gasteiger charge is -2.03. The zero-order chi connectivity index (χ0) is 13.0. The lowest BCUT2D eigenvalue weighted by atomic mass is 10.3. The molecular weight excluding hydrogens is 246 g/mol. The number of hydrogen-bond donors (Lipinski definition) is 1. The second kappa shape index (κ2) is 5.43. The highest BCUT2D eigenvalue weighted by Crippen LogP contribution is 2.17. The Kier molecular flexibility index (Phi) is 3.70. The zero-order valence-electron chi connectivity index (χ0n) is 9.80. The van der Waals surface area contributed by atoms with Crippen LogP contribution in [0.3, 0.4) is 0 Å². The maximum atomic E-state index is 11.9. The van der Waals surface area contributed by atoms with Gasteiger partial charge in [0.25, 0.3) is 5.91 Å². The molecule has 0 atom stereocenters. The van der Waals surface area contributed by atoms with Gasteiger partial charge in [-0.25, -0.2) is 4.98 Å². The summed E-state index contributed by atoms with van der Waals surface area (Å²) in [6.07, 6.45) is 8.66. The van der Waals surface area contributed by atoms with E-state index in [1.807, 2.05) is 12.1 Å². The minimum atomic E-state index is -0.157. The van der Waals surface area contributed by atoms with Crippen molar-refractivity contribution in [3.63, 3.8) is 0 Å². The predicted octanol–water partition coefficient (Wildman–Crippen LogP) is 1.76. The molecule has 0 saturated heterocycles. The van der Waals surface area contributed by atoms with Crippen LogP contribution in [0.5, 0.6) is 0 Å². The molecule has 0 saturated carbocycles. The van der Waals surface area contributed by atoms with E-state index >= 15 is 0 Å². The molecule has 1 N–H and O–H groups in total. The number of rotatable bonds is 3. The Hall–Kier alpha value is -2.19. The average Bonchev–Trinajstić information content (AvgIpc) is 2.78. The number of pyridine rings is 1. The van der Waals surface area contributed by atoms with Crippen LogP contribution in [0.1, 0.15) is 25.9 Å². The van der Waals surface area contributed by atoms with Crippen LogP contribution in [0.2, 0.25) is 0 Å². The van der Waals surface area contributed by atoms with Crippen molar-refractivity contribution in [2.45, 2.75) is 13.5 Å². The molecule has 0 aromatic carbocycles. The molecule has 90 valence electrons. The maximum absolute atomic E-state index is 11.9. The normalized spacial score (nSPS) is 9.78. The topological polar surface area (TPSA) is 54.9 Å². The van der Waals surface area contributed by atoms with Crippen LogP contribution >= 0.6 is 11.3 Å². The van der Waals surface area contributed by atoms with Crippen LogP contribution in [0.4, 0.5) is 0 Å². The van der Waals surface area contributed by atoms with E-state index in [1.54, 1.807) is 19.3 Å². The van der Waals surface area contributed by atoms with Gasteiger partial charge in [0.1, 0.15) is 4.88 Å². The summed E-state index contributed by atoms with van der Waals surface area (Å²) in [5.74, 6) is 2.28. The third kappa shape index (κ3) is 2.73. The number of terminal acetylenes is 1. The van der Waals surface area contributed by atoms with Crippen molar-refractivity contribution in [1.29, 1.82) is 0 Å². The first-order valence-electron chi connectivity index (χ1n) is 5.32. The fraction of sp³-hybridized carbons (Fsp3) is 0.154. The summed E-state index contributed by atoms with van der Waals surface area (Å²) >= 11 is 1.23. The minimum Gasteiger partial charge on any atom is -0.347 e. The fourth-order valence-corrected chi connectivity index (χ4v) is 2.23. The Bertz CT molecular complexity index is 598. The molecular formula is C13H11N3OS. The number of hydrogen-bond acceptors (Lipinski definition) is 4. The van der Waals surface area contributed by atoms with E-state index < -0.39 is 0 Å². The number of thiazole rings is 1. The number of carbonyl (C=O) groups excluding carboxylic acids is 1. The lowest BCUT2D eigenvalue weighted by molar-refractivity contribution is 0.0954. The Labute approximate surface area is 109 Å². The van der Waals surface area contributed by atoms with E-state index in [2.05, 4.69) is 21.2 Å². The summed E-state index contributed by atoms with van der Waals surface area (Å²) in [5.41, 5.74) is 1.61. The fourth-order valence-electron chi connectivity index (χ4n) is 1.43. The molecule has 0 spiro atoms. The molecule has 0 aliphatic carbocycles. The quantitative estimate of drug-likeness (QED) is 0.852. The van der Waals surface area contributed by atoms with Gasteiger partial charge in [-0.1, -0.05) is 6.07 Å². The summed E-state index contributed by atoms with van der Waals surface area (Å²) in [6, 6.07) is 3.73. The number of carbonyl (C=O) groups is 1. The summed E-state index contributed by atoms with van der Waals surface area (Å²) in [4.78, 5) is 20.6. The van der Waals surface area contributed by atoms with E-state index in [1.165, 1.54) is 11.3 Å². The van der Waals surface area contributed by atoms with Gasteiger partial charge in [-0.05, 0) is 24.5 Å². The first kappa shape index (κ1) is 12.3.